The lowest BCUT2D eigenvalue weighted by molar-refractivity contribution is -0.274. The number of ether oxygens (including phenoxy) is 1. The van der Waals surface area contributed by atoms with Crippen molar-refractivity contribution in [1.29, 1.82) is 0 Å². The molecular weight excluding hydrogens is 315 g/mol. The van der Waals surface area contributed by atoms with Crippen molar-refractivity contribution in [2.24, 2.45) is 0 Å². The minimum Gasteiger partial charge on any atom is -0.405 e. The summed E-state index contributed by atoms with van der Waals surface area (Å²) in [6.45, 7) is 2.91. The van der Waals surface area contributed by atoms with E-state index in [1.54, 1.807) is 6.07 Å². The third-order valence-electron chi connectivity index (χ3n) is 4.84. The normalized spacial score (nSPS) is 17.0. The highest BCUT2D eigenvalue weighted by Crippen LogP contribution is 2.45. The van der Waals surface area contributed by atoms with Crippen LogP contribution in [0.25, 0.3) is 11.1 Å². The second kappa shape index (κ2) is 5.81. The third-order valence-corrected chi connectivity index (χ3v) is 4.84. The maximum absolute atomic E-state index is 12.8. The predicted octanol–water partition coefficient (Wildman–Crippen LogP) is 4.75. The molecule has 0 spiro atoms. The van der Waals surface area contributed by atoms with Crippen LogP contribution in [-0.4, -0.2) is 24.4 Å². The van der Waals surface area contributed by atoms with Gasteiger partial charge in [0.05, 0.1) is 0 Å². The zero-order valence-corrected chi connectivity index (χ0v) is 13.2. The molecule has 0 N–H and O–H groups in total. The molecule has 0 bridgehead atoms. The number of fused-ring (bicyclic) bond motifs is 3. The van der Waals surface area contributed by atoms with E-state index >= 15 is 0 Å². The maximum Gasteiger partial charge on any atom is 0.573 e. The monoisotopic (exact) mass is 333 g/mol. The molecular formula is C19H18F3NO. The molecule has 0 amide bonds. The summed E-state index contributed by atoms with van der Waals surface area (Å²) in [6.07, 6.45) is -1.62. The highest BCUT2D eigenvalue weighted by molar-refractivity contribution is 5.82. The highest BCUT2D eigenvalue weighted by atomic mass is 19.4. The fourth-order valence-electron chi connectivity index (χ4n) is 3.81. The van der Waals surface area contributed by atoms with Crippen LogP contribution < -0.4 is 4.74 Å². The van der Waals surface area contributed by atoms with E-state index in [0.29, 0.717) is 12.0 Å². The second-order valence-electron chi connectivity index (χ2n) is 6.44. The number of rotatable bonds is 3. The molecule has 0 aromatic heterocycles. The first-order chi connectivity index (χ1) is 11.5. The summed E-state index contributed by atoms with van der Waals surface area (Å²) >= 11 is 0. The molecule has 0 atom stereocenters. The molecule has 2 aliphatic rings. The van der Waals surface area contributed by atoms with Crippen LogP contribution in [0.2, 0.25) is 0 Å². The van der Waals surface area contributed by atoms with Crippen molar-refractivity contribution < 1.29 is 17.9 Å². The summed E-state index contributed by atoms with van der Waals surface area (Å²) in [4.78, 5) is 2.36. The second-order valence-corrected chi connectivity index (χ2v) is 6.44. The van der Waals surface area contributed by atoms with Crippen LogP contribution in [0.3, 0.4) is 0 Å². The number of alkyl halides is 3. The van der Waals surface area contributed by atoms with Gasteiger partial charge in [0.15, 0.2) is 0 Å². The average molecular weight is 333 g/mol. The number of nitrogens with zero attached hydrogens (tertiary/aromatic N) is 1. The molecule has 1 fully saturated rings. The van der Waals surface area contributed by atoms with Crippen LogP contribution in [0.5, 0.6) is 5.75 Å². The third kappa shape index (κ3) is 2.88. The Morgan fingerprint density at radius 1 is 1.00 bits per heavy atom. The smallest absolute Gasteiger partial charge is 0.405 e. The molecule has 2 nitrogen and oxygen atoms in total. The predicted molar refractivity (Wildman–Crippen MR) is 85.9 cm³/mol. The standard InChI is InChI=1S/C19H18F3NO/c20-19(21,22)24-17-8-7-14(12-23-9-3-4-10-23)16-11-13-5-1-2-6-15(13)18(16)17/h1-2,5-8H,3-4,9-12H2. The molecule has 1 heterocycles. The lowest BCUT2D eigenvalue weighted by Gasteiger charge is -2.19. The van der Waals surface area contributed by atoms with E-state index in [2.05, 4.69) is 9.64 Å². The van der Waals surface area contributed by atoms with Crippen molar-refractivity contribution in [2.75, 3.05) is 13.1 Å². The van der Waals surface area contributed by atoms with E-state index in [4.69, 9.17) is 0 Å². The minimum absolute atomic E-state index is 0.0902. The largest absolute Gasteiger partial charge is 0.573 e. The van der Waals surface area contributed by atoms with Gasteiger partial charge in [0.2, 0.25) is 0 Å². The lowest BCUT2D eigenvalue weighted by atomic mass is 9.99. The first-order valence-corrected chi connectivity index (χ1v) is 8.22. The van der Waals surface area contributed by atoms with Crippen LogP contribution in [-0.2, 0) is 13.0 Å². The van der Waals surface area contributed by atoms with Crippen LogP contribution in [0, 0.1) is 0 Å². The summed E-state index contributed by atoms with van der Waals surface area (Å²) < 4.78 is 42.7. The van der Waals surface area contributed by atoms with Gasteiger partial charge in [-0.2, -0.15) is 0 Å². The van der Waals surface area contributed by atoms with Gasteiger partial charge < -0.3 is 4.74 Å². The van der Waals surface area contributed by atoms with Crippen molar-refractivity contribution in [3.8, 4) is 16.9 Å². The fraction of sp³-hybridized carbons (Fsp3) is 0.368. The van der Waals surface area contributed by atoms with Gasteiger partial charge in [-0.25, -0.2) is 0 Å². The molecule has 5 heteroatoms. The zero-order valence-electron chi connectivity index (χ0n) is 13.2. The van der Waals surface area contributed by atoms with E-state index in [9.17, 15) is 13.2 Å². The number of hydrogen-bond acceptors (Lipinski definition) is 2. The summed E-state index contributed by atoms with van der Waals surface area (Å²) in [7, 11) is 0. The van der Waals surface area contributed by atoms with E-state index in [-0.39, 0.29) is 5.75 Å². The Morgan fingerprint density at radius 2 is 1.75 bits per heavy atom. The molecule has 2 aromatic rings. The van der Waals surface area contributed by atoms with E-state index in [0.717, 1.165) is 41.9 Å². The van der Waals surface area contributed by atoms with Gasteiger partial charge in [-0.1, -0.05) is 30.3 Å². The van der Waals surface area contributed by atoms with Crippen molar-refractivity contribution in [1.82, 2.24) is 4.90 Å². The van der Waals surface area contributed by atoms with Crippen LogP contribution in [0.4, 0.5) is 13.2 Å². The Bertz CT molecular complexity index is 764. The van der Waals surface area contributed by atoms with Crippen LogP contribution in [0.1, 0.15) is 29.5 Å². The van der Waals surface area contributed by atoms with Crippen LogP contribution in [0.15, 0.2) is 36.4 Å². The van der Waals surface area contributed by atoms with Crippen molar-refractivity contribution in [3.05, 3.63) is 53.1 Å². The Labute approximate surface area is 138 Å². The van der Waals surface area contributed by atoms with Gasteiger partial charge >= 0.3 is 6.36 Å². The van der Waals surface area contributed by atoms with Gasteiger partial charge in [0.1, 0.15) is 5.75 Å². The van der Waals surface area contributed by atoms with E-state index in [1.807, 2.05) is 24.3 Å². The molecule has 4 rings (SSSR count). The summed E-state index contributed by atoms with van der Waals surface area (Å²) in [5.74, 6) is -0.0902. The first kappa shape index (κ1) is 15.5. The minimum atomic E-state index is -4.68. The molecule has 0 unspecified atom stereocenters. The van der Waals surface area contributed by atoms with E-state index < -0.39 is 6.36 Å². The van der Waals surface area contributed by atoms with Gasteiger partial charge in [0, 0.05) is 12.1 Å². The fourth-order valence-corrected chi connectivity index (χ4v) is 3.81. The Hall–Kier alpha value is -2.01. The summed E-state index contributed by atoms with van der Waals surface area (Å²) in [6, 6.07) is 10.9. The van der Waals surface area contributed by atoms with Crippen molar-refractivity contribution in [3.63, 3.8) is 0 Å². The van der Waals surface area contributed by atoms with Gasteiger partial charge in [0.25, 0.3) is 0 Å². The number of hydrogen-bond donors (Lipinski definition) is 0. The molecule has 126 valence electrons. The molecule has 1 saturated heterocycles. The summed E-state index contributed by atoms with van der Waals surface area (Å²) in [5, 5.41) is 0. The Kier molecular flexibility index (Phi) is 3.76. The number of likely N-dealkylation sites (tertiary alicyclic amines) is 1. The van der Waals surface area contributed by atoms with Crippen LogP contribution >= 0.6 is 0 Å². The van der Waals surface area contributed by atoms with E-state index in [1.165, 1.54) is 18.9 Å². The molecule has 0 radical (unpaired) electrons. The first-order valence-electron chi connectivity index (χ1n) is 8.22. The van der Waals surface area contributed by atoms with Crippen molar-refractivity contribution >= 4 is 0 Å². The number of halogens is 3. The molecule has 1 aliphatic heterocycles. The summed E-state index contributed by atoms with van der Waals surface area (Å²) in [5.41, 5.74) is 4.62. The Balaban J connectivity index is 1.78. The quantitative estimate of drug-likeness (QED) is 0.686. The van der Waals surface area contributed by atoms with Gasteiger partial charge in [-0.3, -0.25) is 4.90 Å². The topological polar surface area (TPSA) is 12.5 Å². The Morgan fingerprint density at radius 3 is 2.50 bits per heavy atom. The zero-order chi connectivity index (χ0) is 16.7. The average Bonchev–Trinajstić information content (AvgIpc) is 3.15. The van der Waals surface area contributed by atoms with Crippen molar-refractivity contribution in [2.45, 2.75) is 32.2 Å². The highest BCUT2D eigenvalue weighted by Gasteiger charge is 2.35. The SMILES string of the molecule is FC(F)(F)Oc1ccc(CN2CCCC2)c2c1-c1ccccc1C2. The van der Waals surface area contributed by atoms with Gasteiger partial charge in [-0.15, -0.1) is 13.2 Å². The van der Waals surface area contributed by atoms with Gasteiger partial charge in [-0.05, 0) is 60.7 Å². The maximum atomic E-state index is 12.8. The molecule has 2 aromatic carbocycles. The number of benzene rings is 2. The lowest BCUT2D eigenvalue weighted by Crippen LogP contribution is -2.20. The molecule has 0 saturated carbocycles. The molecule has 1 aliphatic carbocycles. The molecule has 24 heavy (non-hydrogen) atoms.